The highest BCUT2D eigenvalue weighted by Crippen LogP contribution is 2.27. The normalized spacial score (nSPS) is 25.7. The predicted molar refractivity (Wildman–Crippen MR) is 83.8 cm³/mol. The summed E-state index contributed by atoms with van der Waals surface area (Å²) in [6, 6.07) is 7.15. The number of hydrogen-bond donors (Lipinski definition) is 1. The first-order valence-corrected chi connectivity index (χ1v) is 9.03. The SMILES string of the molecule is CCC(C)c1ccc(S(=O)(=O)N2CCCC(C)(O)C2)cc1. The molecule has 1 N–H and O–H groups in total. The summed E-state index contributed by atoms with van der Waals surface area (Å²) in [5, 5.41) is 10.1. The van der Waals surface area contributed by atoms with Gasteiger partial charge >= 0.3 is 0 Å². The predicted octanol–water partition coefficient (Wildman–Crippen LogP) is 2.74. The monoisotopic (exact) mass is 311 g/mol. The van der Waals surface area contributed by atoms with Crippen LogP contribution in [-0.2, 0) is 10.0 Å². The fraction of sp³-hybridized carbons (Fsp3) is 0.625. The molecule has 0 amide bonds. The number of piperidine rings is 1. The van der Waals surface area contributed by atoms with Gasteiger partial charge in [0.25, 0.3) is 0 Å². The van der Waals surface area contributed by atoms with Crippen molar-refractivity contribution in [1.29, 1.82) is 0 Å². The maximum absolute atomic E-state index is 12.6. The minimum Gasteiger partial charge on any atom is -0.389 e. The lowest BCUT2D eigenvalue weighted by molar-refractivity contribution is 0.00940. The van der Waals surface area contributed by atoms with Gasteiger partial charge in [-0.25, -0.2) is 8.42 Å². The van der Waals surface area contributed by atoms with Gasteiger partial charge < -0.3 is 5.11 Å². The maximum atomic E-state index is 12.6. The molecule has 1 aromatic carbocycles. The summed E-state index contributed by atoms with van der Waals surface area (Å²) in [4.78, 5) is 0.312. The highest BCUT2D eigenvalue weighted by molar-refractivity contribution is 7.89. The van der Waals surface area contributed by atoms with E-state index in [4.69, 9.17) is 0 Å². The molecule has 2 rings (SSSR count). The molecule has 1 aromatic rings. The lowest BCUT2D eigenvalue weighted by Gasteiger charge is -2.35. The molecule has 1 aliphatic heterocycles. The molecule has 0 saturated carbocycles. The molecule has 0 spiro atoms. The summed E-state index contributed by atoms with van der Waals surface area (Å²) in [6.45, 7) is 6.59. The van der Waals surface area contributed by atoms with Crippen LogP contribution in [0.15, 0.2) is 29.2 Å². The van der Waals surface area contributed by atoms with Gasteiger partial charge in [0, 0.05) is 13.1 Å². The Bertz CT molecular complexity index is 578. The van der Waals surface area contributed by atoms with Crippen molar-refractivity contribution in [2.24, 2.45) is 0 Å². The van der Waals surface area contributed by atoms with Crippen molar-refractivity contribution in [1.82, 2.24) is 4.31 Å². The molecule has 0 aliphatic carbocycles. The van der Waals surface area contributed by atoms with Crippen LogP contribution in [0.3, 0.4) is 0 Å². The molecule has 1 heterocycles. The highest BCUT2D eigenvalue weighted by atomic mass is 32.2. The average molecular weight is 311 g/mol. The van der Waals surface area contributed by atoms with E-state index in [1.54, 1.807) is 19.1 Å². The summed E-state index contributed by atoms with van der Waals surface area (Å²) in [7, 11) is -3.51. The zero-order valence-electron chi connectivity index (χ0n) is 13.0. The van der Waals surface area contributed by atoms with Crippen LogP contribution >= 0.6 is 0 Å². The van der Waals surface area contributed by atoms with Gasteiger partial charge in [-0.05, 0) is 49.8 Å². The van der Waals surface area contributed by atoms with Crippen LogP contribution in [0.4, 0.5) is 0 Å². The van der Waals surface area contributed by atoms with Crippen LogP contribution in [0.5, 0.6) is 0 Å². The maximum Gasteiger partial charge on any atom is 0.243 e. The molecule has 0 bridgehead atoms. The van der Waals surface area contributed by atoms with Gasteiger partial charge in [0.1, 0.15) is 0 Å². The lowest BCUT2D eigenvalue weighted by atomic mass is 9.97. The molecule has 4 nitrogen and oxygen atoms in total. The van der Waals surface area contributed by atoms with E-state index >= 15 is 0 Å². The summed E-state index contributed by atoms with van der Waals surface area (Å²) >= 11 is 0. The molecule has 118 valence electrons. The van der Waals surface area contributed by atoms with Crippen molar-refractivity contribution >= 4 is 10.0 Å². The Labute approximate surface area is 127 Å². The topological polar surface area (TPSA) is 57.6 Å². The standard InChI is InChI=1S/C16H25NO3S/c1-4-13(2)14-6-8-15(9-7-14)21(19,20)17-11-5-10-16(3,18)12-17/h6-9,13,18H,4-5,10-12H2,1-3H3. The fourth-order valence-corrected chi connectivity index (χ4v) is 4.33. The molecule has 1 saturated heterocycles. The fourth-order valence-electron chi connectivity index (χ4n) is 2.73. The molecule has 21 heavy (non-hydrogen) atoms. The van der Waals surface area contributed by atoms with Crippen LogP contribution in [0.1, 0.15) is 51.5 Å². The molecule has 5 heteroatoms. The average Bonchev–Trinajstić information content (AvgIpc) is 2.45. The number of hydrogen-bond acceptors (Lipinski definition) is 3. The largest absolute Gasteiger partial charge is 0.389 e. The van der Waals surface area contributed by atoms with Crippen LogP contribution in [-0.4, -0.2) is 36.5 Å². The zero-order valence-corrected chi connectivity index (χ0v) is 13.9. The molecule has 0 radical (unpaired) electrons. The van der Waals surface area contributed by atoms with Crippen LogP contribution < -0.4 is 0 Å². The zero-order chi connectivity index (χ0) is 15.7. The van der Waals surface area contributed by atoms with Gasteiger partial charge in [-0.2, -0.15) is 4.31 Å². The molecule has 2 atom stereocenters. The Hall–Kier alpha value is -0.910. The Morgan fingerprint density at radius 1 is 1.33 bits per heavy atom. The van der Waals surface area contributed by atoms with E-state index in [0.717, 1.165) is 12.0 Å². The first kappa shape index (κ1) is 16.5. The second kappa shape index (κ2) is 6.07. The van der Waals surface area contributed by atoms with Crippen molar-refractivity contribution in [3.63, 3.8) is 0 Å². The van der Waals surface area contributed by atoms with Gasteiger partial charge in [-0.3, -0.25) is 0 Å². The summed E-state index contributed by atoms with van der Waals surface area (Å²) in [5.74, 6) is 0.428. The third-order valence-corrected chi connectivity index (χ3v) is 6.20. The van der Waals surface area contributed by atoms with Crippen LogP contribution in [0.25, 0.3) is 0 Å². The highest BCUT2D eigenvalue weighted by Gasteiger charge is 2.35. The van der Waals surface area contributed by atoms with Gasteiger partial charge in [0.2, 0.25) is 10.0 Å². The van der Waals surface area contributed by atoms with Crippen LogP contribution in [0.2, 0.25) is 0 Å². The lowest BCUT2D eigenvalue weighted by Crippen LogP contribution is -2.48. The number of sulfonamides is 1. The number of aliphatic hydroxyl groups is 1. The Balaban J connectivity index is 2.23. The smallest absolute Gasteiger partial charge is 0.243 e. The van der Waals surface area contributed by atoms with E-state index in [9.17, 15) is 13.5 Å². The Morgan fingerprint density at radius 2 is 1.95 bits per heavy atom. The number of nitrogens with zero attached hydrogens (tertiary/aromatic N) is 1. The van der Waals surface area contributed by atoms with E-state index in [1.165, 1.54) is 4.31 Å². The molecule has 0 aromatic heterocycles. The third kappa shape index (κ3) is 3.65. The molecular weight excluding hydrogens is 286 g/mol. The van der Waals surface area contributed by atoms with E-state index in [2.05, 4.69) is 13.8 Å². The van der Waals surface area contributed by atoms with Gasteiger partial charge in [0.15, 0.2) is 0 Å². The van der Waals surface area contributed by atoms with Crippen molar-refractivity contribution in [2.45, 2.75) is 56.4 Å². The summed E-state index contributed by atoms with van der Waals surface area (Å²) in [6.07, 6.45) is 2.37. The quantitative estimate of drug-likeness (QED) is 0.930. The minimum absolute atomic E-state index is 0.169. The van der Waals surface area contributed by atoms with Gasteiger partial charge in [-0.15, -0.1) is 0 Å². The summed E-state index contributed by atoms with van der Waals surface area (Å²) in [5.41, 5.74) is 0.226. The van der Waals surface area contributed by atoms with Crippen molar-refractivity contribution in [3.05, 3.63) is 29.8 Å². The van der Waals surface area contributed by atoms with Crippen molar-refractivity contribution in [2.75, 3.05) is 13.1 Å². The third-order valence-electron chi connectivity index (χ3n) is 4.34. The number of benzene rings is 1. The number of β-amino-alcohol motifs (C(OH)–C–C–N with tert-alkyl or cyclic N) is 1. The van der Waals surface area contributed by atoms with Crippen LogP contribution in [0, 0.1) is 0 Å². The van der Waals surface area contributed by atoms with E-state index < -0.39 is 15.6 Å². The van der Waals surface area contributed by atoms with Gasteiger partial charge in [0.05, 0.1) is 10.5 Å². The van der Waals surface area contributed by atoms with Gasteiger partial charge in [-0.1, -0.05) is 26.0 Å². The Morgan fingerprint density at radius 3 is 2.48 bits per heavy atom. The van der Waals surface area contributed by atoms with Crippen molar-refractivity contribution < 1.29 is 13.5 Å². The second-order valence-electron chi connectivity index (χ2n) is 6.32. The molecule has 2 unspecified atom stereocenters. The first-order chi connectivity index (χ1) is 9.76. The Kier molecular flexibility index (Phi) is 4.76. The van der Waals surface area contributed by atoms with Crippen molar-refractivity contribution in [3.8, 4) is 0 Å². The number of rotatable bonds is 4. The first-order valence-electron chi connectivity index (χ1n) is 7.59. The van der Waals surface area contributed by atoms with E-state index in [-0.39, 0.29) is 6.54 Å². The molecule has 1 aliphatic rings. The second-order valence-corrected chi connectivity index (χ2v) is 8.26. The summed E-state index contributed by atoms with van der Waals surface area (Å²) < 4.78 is 26.7. The minimum atomic E-state index is -3.51. The van der Waals surface area contributed by atoms with E-state index in [1.807, 2.05) is 12.1 Å². The van der Waals surface area contributed by atoms with E-state index in [0.29, 0.717) is 30.2 Å². The molecular formula is C16H25NO3S. The molecule has 1 fully saturated rings.